The van der Waals surface area contributed by atoms with E-state index in [0.29, 0.717) is 5.69 Å². The molecule has 0 bridgehead atoms. The highest BCUT2D eigenvalue weighted by Crippen LogP contribution is 2.31. The van der Waals surface area contributed by atoms with Crippen LogP contribution in [0.3, 0.4) is 0 Å². The van der Waals surface area contributed by atoms with E-state index in [1.54, 1.807) is 12.1 Å². The highest BCUT2D eigenvalue weighted by Gasteiger charge is 2.03. The van der Waals surface area contributed by atoms with E-state index in [0.717, 1.165) is 28.2 Å². The maximum Gasteiger partial charge on any atom is 0.0935 e. The summed E-state index contributed by atoms with van der Waals surface area (Å²) in [7, 11) is 0. The van der Waals surface area contributed by atoms with E-state index in [-0.39, 0.29) is 0 Å². The molecule has 4 heteroatoms. The molecule has 4 N–H and O–H groups in total. The minimum absolute atomic E-state index is 0.709. The number of rotatable bonds is 3. The first-order valence-corrected chi connectivity index (χ1v) is 6.94. The first-order chi connectivity index (χ1) is 10.7. The zero-order valence-electron chi connectivity index (χ0n) is 12.0. The third kappa shape index (κ3) is 3.12. The lowest BCUT2D eigenvalue weighted by atomic mass is 10.0. The Kier molecular flexibility index (Phi) is 3.83. The summed E-state index contributed by atoms with van der Waals surface area (Å²) in [4.78, 5) is 0. The molecule has 0 unspecified atom stereocenters. The van der Waals surface area contributed by atoms with Crippen molar-refractivity contribution >= 4 is 22.7 Å². The first-order valence-electron chi connectivity index (χ1n) is 6.94. The van der Waals surface area contributed by atoms with Crippen molar-refractivity contribution in [2.24, 2.45) is 10.2 Å². The van der Waals surface area contributed by atoms with Crippen molar-refractivity contribution in [2.75, 3.05) is 11.5 Å². The van der Waals surface area contributed by atoms with Crippen LogP contribution in [-0.2, 0) is 0 Å². The number of azo groups is 1. The monoisotopic (exact) mass is 288 g/mol. The third-order valence-electron chi connectivity index (χ3n) is 3.29. The number of nitrogens with zero attached hydrogens (tertiary/aromatic N) is 2. The summed E-state index contributed by atoms with van der Waals surface area (Å²) >= 11 is 0. The SMILES string of the molecule is Nc1ccc(N=Nc2ccccc2-c2ccc(N)cc2)cc1. The van der Waals surface area contributed by atoms with Crippen LogP contribution in [0.25, 0.3) is 11.1 Å². The predicted octanol–water partition coefficient (Wildman–Crippen LogP) is 4.93. The van der Waals surface area contributed by atoms with Crippen LogP contribution in [0.2, 0.25) is 0 Å². The Hall–Kier alpha value is -3.14. The Morgan fingerprint density at radius 3 is 1.86 bits per heavy atom. The van der Waals surface area contributed by atoms with Gasteiger partial charge in [0.15, 0.2) is 0 Å². The second kappa shape index (κ2) is 6.10. The molecule has 0 aliphatic heterocycles. The second-order valence-electron chi connectivity index (χ2n) is 4.93. The minimum atomic E-state index is 0.709. The number of benzene rings is 3. The van der Waals surface area contributed by atoms with Gasteiger partial charge < -0.3 is 11.5 Å². The van der Waals surface area contributed by atoms with E-state index >= 15 is 0 Å². The van der Waals surface area contributed by atoms with Gasteiger partial charge in [0.05, 0.1) is 11.4 Å². The van der Waals surface area contributed by atoms with Crippen molar-refractivity contribution < 1.29 is 0 Å². The van der Waals surface area contributed by atoms with Crippen LogP contribution >= 0.6 is 0 Å². The summed E-state index contributed by atoms with van der Waals surface area (Å²) in [5, 5.41) is 8.62. The lowest BCUT2D eigenvalue weighted by Gasteiger charge is -2.05. The Morgan fingerprint density at radius 2 is 1.18 bits per heavy atom. The van der Waals surface area contributed by atoms with E-state index in [1.165, 1.54) is 0 Å². The van der Waals surface area contributed by atoms with Gasteiger partial charge in [0.1, 0.15) is 0 Å². The van der Waals surface area contributed by atoms with Gasteiger partial charge in [-0.25, -0.2) is 0 Å². The lowest BCUT2D eigenvalue weighted by Crippen LogP contribution is -1.84. The molecule has 22 heavy (non-hydrogen) atoms. The molecule has 3 aromatic rings. The van der Waals surface area contributed by atoms with Gasteiger partial charge in [0.2, 0.25) is 0 Å². The number of nitrogen functional groups attached to an aromatic ring is 2. The Morgan fingerprint density at radius 1 is 0.591 bits per heavy atom. The van der Waals surface area contributed by atoms with Crippen LogP contribution < -0.4 is 11.5 Å². The molecular formula is C18H16N4. The average Bonchev–Trinajstić information content (AvgIpc) is 2.55. The summed E-state index contributed by atoms with van der Waals surface area (Å²) in [5.41, 5.74) is 16.5. The van der Waals surface area contributed by atoms with Gasteiger partial charge in [-0.1, -0.05) is 30.3 Å². The highest BCUT2D eigenvalue weighted by atomic mass is 15.1. The molecule has 0 radical (unpaired) electrons. The maximum absolute atomic E-state index is 5.74. The van der Waals surface area contributed by atoms with Crippen LogP contribution in [0, 0.1) is 0 Å². The van der Waals surface area contributed by atoms with Gasteiger partial charge in [-0.2, -0.15) is 5.11 Å². The summed E-state index contributed by atoms with van der Waals surface area (Å²) in [6.45, 7) is 0. The molecule has 4 nitrogen and oxygen atoms in total. The van der Waals surface area contributed by atoms with Crippen molar-refractivity contribution in [3.63, 3.8) is 0 Å². The zero-order chi connectivity index (χ0) is 15.4. The molecule has 0 spiro atoms. The largest absolute Gasteiger partial charge is 0.399 e. The van der Waals surface area contributed by atoms with Gasteiger partial charge in [0, 0.05) is 16.9 Å². The molecule has 3 aromatic carbocycles. The fourth-order valence-electron chi connectivity index (χ4n) is 2.12. The molecule has 0 aliphatic rings. The van der Waals surface area contributed by atoms with Gasteiger partial charge in [-0.15, -0.1) is 5.11 Å². The van der Waals surface area contributed by atoms with Crippen LogP contribution in [0.4, 0.5) is 22.7 Å². The number of hydrogen-bond acceptors (Lipinski definition) is 4. The van der Waals surface area contributed by atoms with Gasteiger partial charge in [0.25, 0.3) is 0 Å². The summed E-state index contributed by atoms with van der Waals surface area (Å²) < 4.78 is 0. The van der Waals surface area contributed by atoms with Crippen molar-refractivity contribution in [3.8, 4) is 11.1 Å². The smallest absolute Gasteiger partial charge is 0.0935 e. The molecule has 0 heterocycles. The highest BCUT2D eigenvalue weighted by molar-refractivity contribution is 5.76. The van der Waals surface area contributed by atoms with E-state index in [4.69, 9.17) is 11.5 Å². The molecular weight excluding hydrogens is 272 g/mol. The van der Waals surface area contributed by atoms with E-state index in [9.17, 15) is 0 Å². The fraction of sp³-hybridized carbons (Fsp3) is 0. The van der Waals surface area contributed by atoms with Crippen LogP contribution in [0.5, 0.6) is 0 Å². The number of hydrogen-bond donors (Lipinski definition) is 2. The molecule has 0 fully saturated rings. The van der Waals surface area contributed by atoms with E-state index < -0.39 is 0 Å². The Labute approximate surface area is 129 Å². The van der Waals surface area contributed by atoms with Crippen LogP contribution in [-0.4, -0.2) is 0 Å². The van der Waals surface area contributed by atoms with Crippen molar-refractivity contribution in [1.29, 1.82) is 0 Å². The minimum Gasteiger partial charge on any atom is -0.399 e. The number of anilines is 2. The van der Waals surface area contributed by atoms with E-state index in [2.05, 4.69) is 10.2 Å². The predicted molar refractivity (Wildman–Crippen MR) is 91.3 cm³/mol. The summed E-state index contributed by atoms with van der Waals surface area (Å²) in [5.74, 6) is 0. The maximum atomic E-state index is 5.74. The molecule has 0 aliphatic carbocycles. The Balaban J connectivity index is 1.94. The quantitative estimate of drug-likeness (QED) is 0.529. The van der Waals surface area contributed by atoms with Gasteiger partial charge in [-0.05, 0) is 48.0 Å². The molecule has 108 valence electrons. The van der Waals surface area contributed by atoms with Crippen molar-refractivity contribution in [2.45, 2.75) is 0 Å². The molecule has 0 saturated carbocycles. The second-order valence-corrected chi connectivity index (χ2v) is 4.93. The molecule has 0 aromatic heterocycles. The topological polar surface area (TPSA) is 76.8 Å². The normalized spacial score (nSPS) is 10.9. The lowest BCUT2D eigenvalue weighted by molar-refractivity contribution is 1.23. The Bertz CT molecular complexity index is 790. The van der Waals surface area contributed by atoms with E-state index in [1.807, 2.05) is 60.7 Å². The average molecular weight is 288 g/mol. The summed E-state index contributed by atoms with van der Waals surface area (Å²) in [6, 6.07) is 22.9. The molecule has 0 saturated heterocycles. The molecule has 3 rings (SSSR count). The first kappa shape index (κ1) is 13.8. The fourth-order valence-corrected chi connectivity index (χ4v) is 2.12. The standard InChI is InChI=1S/C18H16N4/c19-14-7-5-13(6-8-14)17-3-1-2-4-18(17)22-21-16-11-9-15(20)10-12-16/h1-12H,19-20H2. The molecule has 0 atom stereocenters. The van der Waals surface area contributed by atoms with Crippen molar-refractivity contribution in [3.05, 3.63) is 72.8 Å². The van der Waals surface area contributed by atoms with Crippen molar-refractivity contribution in [1.82, 2.24) is 0 Å². The third-order valence-corrected chi connectivity index (χ3v) is 3.29. The number of nitrogens with two attached hydrogens (primary N) is 2. The van der Waals surface area contributed by atoms with Gasteiger partial charge in [-0.3, -0.25) is 0 Å². The molecule has 0 amide bonds. The van der Waals surface area contributed by atoms with Crippen LogP contribution in [0.1, 0.15) is 0 Å². The summed E-state index contributed by atoms with van der Waals surface area (Å²) in [6.07, 6.45) is 0. The zero-order valence-corrected chi connectivity index (χ0v) is 12.0. The van der Waals surface area contributed by atoms with Crippen LogP contribution in [0.15, 0.2) is 83.0 Å². The van der Waals surface area contributed by atoms with Gasteiger partial charge >= 0.3 is 0 Å².